The van der Waals surface area contributed by atoms with E-state index in [1.165, 1.54) is 7.11 Å². The van der Waals surface area contributed by atoms with E-state index in [9.17, 15) is 4.79 Å². The number of carbonyl (C=O) groups is 1. The van der Waals surface area contributed by atoms with Crippen LogP contribution < -0.4 is 0 Å². The lowest BCUT2D eigenvalue weighted by molar-refractivity contribution is -0.132. The Bertz CT molecular complexity index is 191. The van der Waals surface area contributed by atoms with Gasteiger partial charge in [-0.25, -0.2) is 4.79 Å². The van der Waals surface area contributed by atoms with Crippen LogP contribution in [0.4, 0.5) is 0 Å². The lowest BCUT2D eigenvalue weighted by Gasteiger charge is -1.96. The molecule has 0 aromatic carbocycles. The van der Waals surface area contributed by atoms with Gasteiger partial charge in [-0.3, -0.25) is 4.99 Å². The van der Waals surface area contributed by atoms with Crippen molar-refractivity contribution in [1.82, 2.24) is 0 Å². The van der Waals surface area contributed by atoms with Gasteiger partial charge in [-0.05, 0) is 6.42 Å². The molecule has 3 nitrogen and oxygen atoms in total. The van der Waals surface area contributed by atoms with Gasteiger partial charge in [-0.2, -0.15) is 0 Å². The Morgan fingerprint density at radius 1 is 1.91 bits per heavy atom. The van der Waals surface area contributed by atoms with Crippen molar-refractivity contribution in [3.8, 4) is 0 Å². The molecule has 62 valence electrons. The van der Waals surface area contributed by atoms with Gasteiger partial charge < -0.3 is 4.74 Å². The first-order valence-corrected chi connectivity index (χ1v) is 4.59. The zero-order valence-corrected chi connectivity index (χ0v) is 7.48. The summed E-state index contributed by atoms with van der Waals surface area (Å²) in [4.78, 5) is 15.1. The Balaban J connectivity index is 2.54. The third-order valence-corrected chi connectivity index (χ3v) is 2.75. The summed E-state index contributed by atoms with van der Waals surface area (Å²) >= 11 is 1.69. The molecule has 0 bridgehead atoms. The number of aliphatic imine (C=N–C) groups is 1. The van der Waals surface area contributed by atoms with Crippen LogP contribution in [0.5, 0.6) is 0 Å². The highest BCUT2D eigenvalue weighted by atomic mass is 32.2. The Kier molecular flexibility index (Phi) is 2.93. The standard InChI is InChI=1S/C7H11NO2S/c1-3-6-8-5(4-11-6)7(9)10-2/h6H,3-4H2,1-2H3/t6-/m0/s1. The molecule has 0 aromatic heterocycles. The molecule has 0 unspecified atom stereocenters. The Labute approximate surface area is 70.2 Å². The first-order valence-electron chi connectivity index (χ1n) is 3.54. The minimum Gasteiger partial charge on any atom is -0.465 e. The highest BCUT2D eigenvalue weighted by Gasteiger charge is 2.21. The summed E-state index contributed by atoms with van der Waals surface area (Å²) in [5.74, 6) is 0.416. The van der Waals surface area contributed by atoms with Crippen molar-refractivity contribution in [2.75, 3.05) is 12.9 Å². The smallest absolute Gasteiger partial charge is 0.352 e. The number of hydrogen-bond acceptors (Lipinski definition) is 4. The average Bonchev–Trinajstić information content (AvgIpc) is 2.50. The van der Waals surface area contributed by atoms with E-state index >= 15 is 0 Å². The molecule has 0 aromatic rings. The Hall–Kier alpha value is -0.510. The molecule has 0 aliphatic carbocycles. The molecular weight excluding hydrogens is 162 g/mol. The number of rotatable bonds is 2. The summed E-state index contributed by atoms with van der Waals surface area (Å²) in [6.07, 6.45) is 0.977. The van der Waals surface area contributed by atoms with Gasteiger partial charge >= 0.3 is 5.97 Å². The van der Waals surface area contributed by atoms with E-state index in [0.29, 0.717) is 11.5 Å². The molecule has 0 radical (unpaired) electrons. The molecule has 0 saturated carbocycles. The van der Waals surface area contributed by atoms with Gasteiger partial charge in [0.15, 0.2) is 0 Å². The number of ether oxygens (including phenoxy) is 1. The monoisotopic (exact) mass is 173 g/mol. The second kappa shape index (κ2) is 3.76. The molecule has 1 atom stereocenters. The van der Waals surface area contributed by atoms with E-state index in [-0.39, 0.29) is 11.3 Å². The van der Waals surface area contributed by atoms with Crippen molar-refractivity contribution in [3.63, 3.8) is 0 Å². The second-order valence-corrected chi connectivity index (χ2v) is 3.41. The van der Waals surface area contributed by atoms with Crippen LogP contribution >= 0.6 is 11.8 Å². The van der Waals surface area contributed by atoms with E-state index in [4.69, 9.17) is 0 Å². The van der Waals surface area contributed by atoms with Crippen LogP contribution in [0.1, 0.15) is 13.3 Å². The SMILES string of the molecule is CC[C@H]1N=C(C(=O)OC)CS1. The van der Waals surface area contributed by atoms with Crippen LogP contribution in [0, 0.1) is 0 Å². The number of carbonyl (C=O) groups excluding carboxylic acids is 1. The largest absolute Gasteiger partial charge is 0.465 e. The van der Waals surface area contributed by atoms with E-state index in [1.54, 1.807) is 11.8 Å². The fraction of sp³-hybridized carbons (Fsp3) is 0.714. The summed E-state index contributed by atoms with van der Waals surface area (Å²) in [6, 6.07) is 0. The molecule has 0 fully saturated rings. The molecule has 0 amide bonds. The van der Waals surface area contributed by atoms with Gasteiger partial charge in [0.05, 0.1) is 12.5 Å². The van der Waals surface area contributed by atoms with Crippen LogP contribution in [0.15, 0.2) is 4.99 Å². The summed E-state index contributed by atoms with van der Waals surface area (Å²) < 4.78 is 4.54. The second-order valence-electron chi connectivity index (χ2n) is 2.24. The molecule has 1 rings (SSSR count). The maximum Gasteiger partial charge on any atom is 0.352 e. The lowest BCUT2D eigenvalue weighted by Crippen LogP contribution is -2.15. The zero-order chi connectivity index (χ0) is 8.27. The van der Waals surface area contributed by atoms with Crippen molar-refractivity contribution in [3.05, 3.63) is 0 Å². The van der Waals surface area contributed by atoms with Crippen LogP contribution in [0.2, 0.25) is 0 Å². The van der Waals surface area contributed by atoms with Crippen molar-refractivity contribution in [2.45, 2.75) is 18.7 Å². The molecule has 1 aliphatic rings. The van der Waals surface area contributed by atoms with Gasteiger partial charge in [0, 0.05) is 5.75 Å². The van der Waals surface area contributed by atoms with Gasteiger partial charge in [-0.1, -0.05) is 6.92 Å². The first kappa shape index (κ1) is 8.59. The highest BCUT2D eigenvalue weighted by Crippen LogP contribution is 2.22. The number of methoxy groups -OCH3 is 1. The van der Waals surface area contributed by atoms with Gasteiger partial charge in [0.2, 0.25) is 0 Å². The lowest BCUT2D eigenvalue weighted by atomic mass is 10.4. The quantitative estimate of drug-likeness (QED) is 0.586. The van der Waals surface area contributed by atoms with E-state index < -0.39 is 0 Å². The number of hydrogen-bond donors (Lipinski definition) is 0. The topological polar surface area (TPSA) is 38.7 Å². The number of thioether (sulfide) groups is 1. The van der Waals surface area contributed by atoms with Crippen LogP contribution in [-0.4, -0.2) is 29.9 Å². The van der Waals surface area contributed by atoms with Crippen molar-refractivity contribution in [1.29, 1.82) is 0 Å². The number of nitrogens with zero attached hydrogens (tertiary/aromatic N) is 1. The molecule has 0 spiro atoms. The van der Waals surface area contributed by atoms with Gasteiger partial charge in [0.1, 0.15) is 5.71 Å². The molecule has 0 saturated heterocycles. The molecule has 4 heteroatoms. The minimum atomic E-state index is -0.284. The maximum atomic E-state index is 10.9. The zero-order valence-electron chi connectivity index (χ0n) is 6.66. The van der Waals surface area contributed by atoms with Crippen LogP contribution in [0.3, 0.4) is 0 Å². The average molecular weight is 173 g/mol. The summed E-state index contributed by atoms with van der Waals surface area (Å²) in [5, 5.41) is 0.268. The van der Waals surface area contributed by atoms with Gasteiger partial charge in [-0.15, -0.1) is 11.8 Å². The Morgan fingerprint density at radius 3 is 3.09 bits per heavy atom. The van der Waals surface area contributed by atoms with Crippen molar-refractivity contribution in [2.24, 2.45) is 4.99 Å². The molecule has 1 aliphatic heterocycles. The predicted octanol–water partition coefficient (Wildman–Crippen LogP) is 1.08. The van der Waals surface area contributed by atoms with Crippen molar-refractivity contribution < 1.29 is 9.53 Å². The Morgan fingerprint density at radius 2 is 2.64 bits per heavy atom. The fourth-order valence-corrected chi connectivity index (χ4v) is 1.84. The van der Waals surface area contributed by atoms with E-state index in [1.807, 2.05) is 0 Å². The van der Waals surface area contributed by atoms with E-state index in [0.717, 1.165) is 6.42 Å². The fourth-order valence-electron chi connectivity index (χ4n) is 0.862. The summed E-state index contributed by atoms with van der Waals surface area (Å²) in [5.41, 5.74) is 0.573. The van der Waals surface area contributed by atoms with Crippen LogP contribution in [-0.2, 0) is 9.53 Å². The normalized spacial score (nSPS) is 23.1. The number of esters is 1. The maximum absolute atomic E-state index is 10.9. The summed E-state index contributed by atoms with van der Waals surface area (Å²) in [7, 11) is 1.38. The van der Waals surface area contributed by atoms with Crippen molar-refractivity contribution >= 4 is 23.4 Å². The third-order valence-electron chi connectivity index (χ3n) is 1.48. The first-order chi connectivity index (χ1) is 5.27. The summed E-state index contributed by atoms with van der Waals surface area (Å²) in [6.45, 7) is 2.06. The molecular formula is C7H11NO2S. The van der Waals surface area contributed by atoms with E-state index in [2.05, 4.69) is 16.7 Å². The van der Waals surface area contributed by atoms with Gasteiger partial charge in [0.25, 0.3) is 0 Å². The molecule has 1 heterocycles. The predicted molar refractivity (Wildman–Crippen MR) is 46.0 cm³/mol. The molecule has 11 heavy (non-hydrogen) atoms. The highest BCUT2D eigenvalue weighted by molar-refractivity contribution is 8.01. The third kappa shape index (κ3) is 1.96. The minimum absolute atomic E-state index is 0.268. The molecule has 0 N–H and O–H groups in total. The van der Waals surface area contributed by atoms with Crippen LogP contribution in [0.25, 0.3) is 0 Å².